The second kappa shape index (κ2) is 5.01. The monoisotopic (exact) mass is 322 g/mol. The zero-order chi connectivity index (χ0) is 14.6. The summed E-state index contributed by atoms with van der Waals surface area (Å²) in [7, 11) is 0. The van der Waals surface area contributed by atoms with Crippen LogP contribution < -0.4 is 5.32 Å². The van der Waals surface area contributed by atoms with Crippen LogP contribution in [0.3, 0.4) is 0 Å². The summed E-state index contributed by atoms with van der Waals surface area (Å²) < 4.78 is 5.63. The average molecular weight is 323 g/mol. The van der Waals surface area contributed by atoms with Gasteiger partial charge in [0.1, 0.15) is 0 Å². The molecule has 1 saturated carbocycles. The van der Waals surface area contributed by atoms with Gasteiger partial charge in [0, 0.05) is 23.4 Å². The number of hydrogen-bond acceptors (Lipinski definition) is 3. The van der Waals surface area contributed by atoms with Gasteiger partial charge in [-0.25, -0.2) is 0 Å². The van der Waals surface area contributed by atoms with Crippen LogP contribution >= 0.6 is 23.2 Å². The Morgan fingerprint density at radius 2 is 2.14 bits per heavy atom. The smallest absolute Gasteiger partial charge is 0.0927 e. The molecule has 1 fully saturated rings. The molecule has 1 aromatic heterocycles. The van der Waals surface area contributed by atoms with Crippen molar-refractivity contribution in [3.8, 4) is 0 Å². The average Bonchev–Trinajstić information content (AvgIpc) is 3.28. The van der Waals surface area contributed by atoms with Gasteiger partial charge in [0.25, 0.3) is 0 Å². The van der Waals surface area contributed by atoms with Gasteiger partial charge in [-0.1, -0.05) is 23.2 Å². The SMILES string of the molecule is Cc1cc(Cl)c2nc3c(c(NC4CC4)c2c1Cl)COCC3. The number of halogens is 2. The second-order valence-corrected chi connectivity index (χ2v) is 6.63. The molecule has 0 spiro atoms. The topological polar surface area (TPSA) is 34.2 Å². The molecule has 2 heterocycles. The molecule has 21 heavy (non-hydrogen) atoms. The van der Waals surface area contributed by atoms with E-state index in [9.17, 15) is 0 Å². The fourth-order valence-corrected chi connectivity index (χ4v) is 3.41. The van der Waals surface area contributed by atoms with E-state index in [0.717, 1.165) is 44.9 Å². The predicted molar refractivity (Wildman–Crippen MR) is 86.5 cm³/mol. The van der Waals surface area contributed by atoms with Crippen molar-refractivity contribution in [1.29, 1.82) is 0 Å². The highest BCUT2D eigenvalue weighted by atomic mass is 35.5. The van der Waals surface area contributed by atoms with Crippen molar-refractivity contribution in [1.82, 2.24) is 4.98 Å². The molecule has 1 aromatic carbocycles. The maximum absolute atomic E-state index is 6.57. The van der Waals surface area contributed by atoms with Gasteiger partial charge in [0.15, 0.2) is 0 Å². The minimum atomic E-state index is 0.539. The summed E-state index contributed by atoms with van der Waals surface area (Å²) in [6, 6.07) is 2.43. The van der Waals surface area contributed by atoms with Crippen molar-refractivity contribution in [3.05, 3.63) is 32.9 Å². The molecule has 110 valence electrons. The summed E-state index contributed by atoms with van der Waals surface area (Å²) in [5, 5.41) is 5.96. The van der Waals surface area contributed by atoms with Gasteiger partial charge in [-0.2, -0.15) is 0 Å². The number of aromatic nitrogens is 1. The van der Waals surface area contributed by atoms with Crippen LogP contribution in [0.1, 0.15) is 29.7 Å². The quantitative estimate of drug-likeness (QED) is 0.884. The highest BCUT2D eigenvalue weighted by Gasteiger charge is 2.27. The first-order valence-corrected chi connectivity index (χ1v) is 8.05. The largest absolute Gasteiger partial charge is 0.381 e. The second-order valence-electron chi connectivity index (χ2n) is 5.85. The number of pyridine rings is 1. The van der Waals surface area contributed by atoms with E-state index in [-0.39, 0.29) is 0 Å². The molecule has 2 aliphatic rings. The van der Waals surface area contributed by atoms with E-state index in [1.165, 1.54) is 12.8 Å². The molecule has 0 bridgehead atoms. The first kappa shape index (κ1) is 13.6. The normalized spacial score (nSPS) is 17.9. The number of anilines is 1. The molecule has 3 nitrogen and oxygen atoms in total. The Hall–Kier alpha value is -1.03. The van der Waals surface area contributed by atoms with E-state index >= 15 is 0 Å². The molecule has 1 N–H and O–H groups in total. The van der Waals surface area contributed by atoms with Gasteiger partial charge in [-0.15, -0.1) is 0 Å². The van der Waals surface area contributed by atoms with Crippen molar-refractivity contribution in [2.45, 2.75) is 38.8 Å². The molecular formula is C16H16Cl2N2O. The molecule has 0 atom stereocenters. The third-order valence-electron chi connectivity index (χ3n) is 4.17. The van der Waals surface area contributed by atoms with Gasteiger partial charge < -0.3 is 10.1 Å². The number of nitrogens with zero attached hydrogens (tertiary/aromatic N) is 1. The van der Waals surface area contributed by atoms with Crippen LogP contribution in [0.25, 0.3) is 10.9 Å². The van der Waals surface area contributed by atoms with Crippen LogP contribution in [0.5, 0.6) is 0 Å². The molecule has 0 radical (unpaired) electrons. The van der Waals surface area contributed by atoms with Gasteiger partial charge in [-0.3, -0.25) is 4.98 Å². The lowest BCUT2D eigenvalue weighted by molar-refractivity contribution is 0.110. The molecule has 1 aliphatic heterocycles. The third kappa shape index (κ3) is 2.28. The minimum absolute atomic E-state index is 0.539. The van der Waals surface area contributed by atoms with Crippen LogP contribution in [0.4, 0.5) is 5.69 Å². The number of ether oxygens (including phenoxy) is 1. The minimum Gasteiger partial charge on any atom is -0.381 e. The van der Waals surface area contributed by atoms with E-state index in [2.05, 4.69) is 5.32 Å². The fraction of sp³-hybridized carbons (Fsp3) is 0.438. The molecule has 4 rings (SSSR count). The molecule has 2 aromatic rings. The third-order valence-corrected chi connectivity index (χ3v) is 4.95. The van der Waals surface area contributed by atoms with Crippen molar-refractivity contribution in [2.24, 2.45) is 0 Å². The lowest BCUT2D eigenvalue weighted by Crippen LogP contribution is -2.16. The first-order chi connectivity index (χ1) is 10.1. The van der Waals surface area contributed by atoms with Crippen molar-refractivity contribution in [2.75, 3.05) is 11.9 Å². The Morgan fingerprint density at radius 1 is 1.33 bits per heavy atom. The van der Waals surface area contributed by atoms with Gasteiger partial charge in [0.05, 0.1) is 40.2 Å². The molecule has 5 heteroatoms. The highest BCUT2D eigenvalue weighted by Crippen LogP contribution is 2.42. The zero-order valence-electron chi connectivity index (χ0n) is 11.8. The predicted octanol–water partition coefficient (Wildman–Crippen LogP) is 4.50. The van der Waals surface area contributed by atoms with Crippen molar-refractivity contribution in [3.63, 3.8) is 0 Å². The Morgan fingerprint density at radius 3 is 2.90 bits per heavy atom. The van der Waals surface area contributed by atoms with Crippen molar-refractivity contribution >= 4 is 39.8 Å². The number of benzene rings is 1. The van der Waals surface area contributed by atoms with Gasteiger partial charge in [-0.05, 0) is 31.4 Å². The number of hydrogen-bond donors (Lipinski definition) is 1. The first-order valence-electron chi connectivity index (χ1n) is 7.29. The van der Waals surface area contributed by atoms with Crippen molar-refractivity contribution < 1.29 is 4.74 Å². The van der Waals surface area contributed by atoms with Crippen LogP contribution in [-0.4, -0.2) is 17.6 Å². The molecule has 0 unspecified atom stereocenters. The maximum atomic E-state index is 6.57. The van der Waals surface area contributed by atoms with E-state index in [0.29, 0.717) is 24.3 Å². The number of fused-ring (bicyclic) bond motifs is 2. The van der Waals surface area contributed by atoms with Gasteiger partial charge >= 0.3 is 0 Å². The van der Waals surface area contributed by atoms with Crippen LogP contribution in [0, 0.1) is 6.92 Å². The Balaban J connectivity index is 2.06. The summed E-state index contributed by atoms with van der Waals surface area (Å²) in [6.07, 6.45) is 3.24. The Kier molecular flexibility index (Phi) is 3.25. The Bertz CT molecular complexity index is 741. The zero-order valence-corrected chi connectivity index (χ0v) is 13.3. The molecule has 1 aliphatic carbocycles. The molecule has 0 amide bonds. The van der Waals surface area contributed by atoms with Crippen LogP contribution in [0.2, 0.25) is 10.0 Å². The fourth-order valence-electron chi connectivity index (χ4n) is 2.87. The maximum Gasteiger partial charge on any atom is 0.0927 e. The highest BCUT2D eigenvalue weighted by molar-refractivity contribution is 6.41. The van der Waals surface area contributed by atoms with E-state index in [1.54, 1.807) is 0 Å². The van der Waals surface area contributed by atoms with E-state index in [1.807, 2.05) is 13.0 Å². The standard InChI is InChI=1S/C16H16Cl2N2O/c1-8-6-11(17)16-13(14(8)18)15(19-9-2-3-9)10-7-21-5-4-12(10)20-16/h6,9H,2-5,7H2,1H3,(H,19,20). The molecular weight excluding hydrogens is 307 g/mol. The molecule has 0 saturated heterocycles. The van der Waals surface area contributed by atoms with E-state index in [4.69, 9.17) is 32.9 Å². The number of rotatable bonds is 2. The van der Waals surface area contributed by atoms with Crippen LogP contribution in [-0.2, 0) is 17.8 Å². The summed E-state index contributed by atoms with van der Waals surface area (Å²) in [5.74, 6) is 0. The lowest BCUT2D eigenvalue weighted by Gasteiger charge is -2.23. The number of aryl methyl sites for hydroxylation is 1. The summed E-state index contributed by atoms with van der Waals surface area (Å²) in [4.78, 5) is 4.77. The van der Waals surface area contributed by atoms with Crippen LogP contribution in [0.15, 0.2) is 6.07 Å². The number of nitrogens with one attached hydrogen (secondary N) is 1. The Labute approximate surface area is 133 Å². The summed E-state index contributed by atoms with van der Waals surface area (Å²) >= 11 is 13.0. The van der Waals surface area contributed by atoms with E-state index < -0.39 is 0 Å². The van der Waals surface area contributed by atoms with Gasteiger partial charge in [0.2, 0.25) is 0 Å². The summed E-state index contributed by atoms with van der Waals surface area (Å²) in [5.41, 5.74) is 5.08. The summed E-state index contributed by atoms with van der Waals surface area (Å²) in [6.45, 7) is 3.28. The lowest BCUT2D eigenvalue weighted by atomic mass is 10.0.